The molecule has 164 valence electrons. The van der Waals surface area contributed by atoms with Gasteiger partial charge in [0.05, 0.1) is 27.3 Å². The Morgan fingerprint density at radius 2 is 1.97 bits per heavy atom. The maximum atomic E-state index is 14.8. The minimum absolute atomic E-state index is 0.0273. The van der Waals surface area contributed by atoms with Crippen LogP contribution in [-0.2, 0) is 10.0 Å². The Morgan fingerprint density at radius 1 is 1.26 bits per heavy atom. The monoisotopic (exact) mass is 507 g/mol. The predicted molar refractivity (Wildman–Crippen MR) is 115 cm³/mol. The van der Waals surface area contributed by atoms with Crippen molar-refractivity contribution in [1.29, 1.82) is 0 Å². The molecule has 1 atom stereocenters. The van der Waals surface area contributed by atoms with E-state index in [-0.39, 0.29) is 25.6 Å². The van der Waals surface area contributed by atoms with Gasteiger partial charge in [-0.15, -0.1) is 15.6 Å². The normalized spacial score (nSPS) is 12.4. The number of amides is 1. The Hall–Kier alpha value is -2.47. The van der Waals surface area contributed by atoms with E-state index in [1.165, 1.54) is 29.1 Å². The number of benzene rings is 2. The fraction of sp³-hybridized carbons (Fsp3) is 0.111. The van der Waals surface area contributed by atoms with Gasteiger partial charge in [-0.05, 0) is 25.1 Å². The van der Waals surface area contributed by atoms with Crippen molar-refractivity contribution >= 4 is 62.2 Å². The number of carboxylic acid groups (broad SMARTS) is 1. The van der Waals surface area contributed by atoms with E-state index in [1.807, 2.05) is 0 Å². The van der Waals surface area contributed by atoms with Crippen molar-refractivity contribution in [2.75, 3.05) is 9.62 Å². The summed E-state index contributed by atoms with van der Waals surface area (Å²) in [6.45, 7) is 1.57. The van der Waals surface area contributed by atoms with E-state index < -0.39 is 44.5 Å². The van der Waals surface area contributed by atoms with Crippen molar-refractivity contribution < 1.29 is 27.1 Å². The van der Waals surface area contributed by atoms with Gasteiger partial charge in [-0.2, -0.15) is 0 Å². The first kappa shape index (κ1) is 23.2. The van der Waals surface area contributed by atoms with Gasteiger partial charge in [-0.1, -0.05) is 35.3 Å². The zero-order chi connectivity index (χ0) is 22.9. The van der Waals surface area contributed by atoms with Crippen LogP contribution < -0.4 is 9.62 Å². The summed E-state index contributed by atoms with van der Waals surface area (Å²) in [5.74, 6) is -2.33. The van der Waals surface area contributed by atoms with Crippen LogP contribution in [0, 0.1) is 11.6 Å². The fourth-order valence-corrected chi connectivity index (χ4v) is 5.10. The number of nitrogens with one attached hydrogen (secondary N) is 1. The summed E-state index contributed by atoms with van der Waals surface area (Å²) in [5, 5.41) is 13.0. The molecule has 2 N–H and O–H groups in total. The van der Waals surface area contributed by atoms with Crippen LogP contribution in [0.15, 0.2) is 46.1 Å². The quantitative estimate of drug-likeness (QED) is 0.438. The maximum absolute atomic E-state index is 14.8. The highest BCUT2D eigenvalue weighted by atomic mass is 35.5. The summed E-state index contributed by atoms with van der Waals surface area (Å²) in [7, 11) is -4.87. The fourth-order valence-electron chi connectivity index (χ4n) is 2.73. The number of hydrogen-bond acceptors (Lipinski definition) is 6. The first-order valence-corrected chi connectivity index (χ1v) is 11.5. The average molecular weight is 508 g/mol. The van der Waals surface area contributed by atoms with Gasteiger partial charge in [0, 0.05) is 10.9 Å². The summed E-state index contributed by atoms with van der Waals surface area (Å²) in [5.41, 5.74) is 1.38. The summed E-state index contributed by atoms with van der Waals surface area (Å²) < 4.78 is 54.6. The molecule has 1 heterocycles. The molecule has 0 fully saturated rings. The highest BCUT2D eigenvalue weighted by Crippen LogP contribution is 2.34. The summed E-state index contributed by atoms with van der Waals surface area (Å²) >= 11 is 12.9. The third-order valence-corrected chi connectivity index (χ3v) is 7.03. The molecule has 2 aromatic carbocycles. The van der Waals surface area contributed by atoms with E-state index >= 15 is 0 Å². The van der Waals surface area contributed by atoms with Gasteiger partial charge in [-0.3, -0.25) is 0 Å². The van der Waals surface area contributed by atoms with Gasteiger partial charge in [-0.25, -0.2) is 27.0 Å². The molecule has 0 bridgehead atoms. The zero-order valence-electron chi connectivity index (χ0n) is 15.5. The lowest BCUT2D eigenvalue weighted by molar-refractivity contribution is 0.206. The Bertz CT molecular complexity index is 1240. The first-order valence-electron chi connectivity index (χ1n) is 8.40. The van der Waals surface area contributed by atoms with Crippen molar-refractivity contribution in [1.82, 2.24) is 4.98 Å². The standard InChI is InChI=1S/C18H13Cl2F2N3O4S2/c1-9(10-3-2-4-11(19)17(10)22)24-14-6-13(21)15(5-12(14)20)31(28,29)25(18(26)27)16-7-30-8-23-16/h2-9,24H,1H3,(H,26,27)/t9-/m0/s1. The Labute approximate surface area is 189 Å². The lowest BCUT2D eigenvalue weighted by Crippen LogP contribution is -2.36. The predicted octanol–water partition coefficient (Wildman–Crippen LogP) is 5.77. The molecule has 3 rings (SSSR count). The molecular weight excluding hydrogens is 495 g/mol. The van der Waals surface area contributed by atoms with Gasteiger partial charge >= 0.3 is 6.09 Å². The number of sulfonamides is 1. The van der Waals surface area contributed by atoms with Gasteiger partial charge in [0.1, 0.15) is 16.5 Å². The van der Waals surface area contributed by atoms with E-state index in [2.05, 4.69) is 10.3 Å². The number of carbonyl (C=O) groups is 1. The first-order chi connectivity index (χ1) is 14.5. The van der Waals surface area contributed by atoms with Crippen LogP contribution in [0.25, 0.3) is 0 Å². The smallest absolute Gasteiger partial charge is 0.427 e. The van der Waals surface area contributed by atoms with Crippen LogP contribution in [-0.4, -0.2) is 24.6 Å². The molecule has 0 saturated heterocycles. The van der Waals surface area contributed by atoms with Crippen LogP contribution in [0.3, 0.4) is 0 Å². The second-order valence-corrected chi connectivity index (χ2v) is 9.46. The number of aromatic nitrogens is 1. The lowest BCUT2D eigenvalue weighted by atomic mass is 10.1. The summed E-state index contributed by atoms with van der Waals surface area (Å²) in [6.07, 6.45) is -1.87. The van der Waals surface area contributed by atoms with Crippen LogP contribution >= 0.6 is 34.5 Å². The van der Waals surface area contributed by atoms with Gasteiger partial charge in [0.25, 0.3) is 10.0 Å². The number of thiazole rings is 1. The molecule has 13 heteroatoms. The third kappa shape index (κ3) is 4.59. The maximum Gasteiger partial charge on any atom is 0.427 e. The SMILES string of the molecule is C[C@H](Nc1cc(F)c(S(=O)(=O)N(C(=O)O)c2cscn2)cc1Cl)c1cccc(Cl)c1F. The van der Waals surface area contributed by atoms with Crippen molar-refractivity contribution in [3.8, 4) is 0 Å². The third-order valence-electron chi connectivity index (χ3n) is 4.16. The number of nitrogens with zero attached hydrogens (tertiary/aromatic N) is 2. The van der Waals surface area contributed by atoms with Crippen LogP contribution in [0.5, 0.6) is 0 Å². The summed E-state index contributed by atoms with van der Waals surface area (Å²) in [4.78, 5) is 14.2. The highest BCUT2D eigenvalue weighted by Gasteiger charge is 2.35. The van der Waals surface area contributed by atoms with Crippen molar-refractivity contribution in [3.05, 3.63) is 68.5 Å². The van der Waals surface area contributed by atoms with Crippen LogP contribution in [0.4, 0.5) is 25.1 Å². The van der Waals surface area contributed by atoms with E-state index in [1.54, 1.807) is 6.92 Å². The highest BCUT2D eigenvalue weighted by molar-refractivity contribution is 7.93. The molecule has 1 aromatic heterocycles. The van der Waals surface area contributed by atoms with Gasteiger partial charge < -0.3 is 10.4 Å². The number of hydrogen-bond donors (Lipinski definition) is 2. The number of rotatable bonds is 6. The second kappa shape index (κ2) is 8.95. The minimum Gasteiger partial charge on any atom is -0.464 e. The molecule has 0 aliphatic rings. The van der Waals surface area contributed by atoms with Gasteiger partial charge in [0.2, 0.25) is 0 Å². The van der Waals surface area contributed by atoms with E-state index in [9.17, 15) is 27.1 Å². The van der Waals surface area contributed by atoms with E-state index in [0.29, 0.717) is 0 Å². The molecular formula is C18H13Cl2F2N3O4S2. The number of anilines is 2. The molecule has 1 amide bonds. The molecule has 7 nitrogen and oxygen atoms in total. The van der Waals surface area contributed by atoms with Crippen LogP contribution in [0.2, 0.25) is 10.0 Å². The van der Waals surface area contributed by atoms with Crippen molar-refractivity contribution in [2.45, 2.75) is 17.9 Å². The molecule has 0 radical (unpaired) electrons. The Morgan fingerprint density at radius 3 is 2.58 bits per heavy atom. The van der Waals surface area contributed by atoms with Crippen molar-refractivity contribution in [3.63, 3.8) is 0 Å². The molecule has 0 saturated carbocycles. The average Bonchev–Trinajstić information content (AvgIpc) is 3.19. The molecule has 0 unspecified atom stereocenters. The minimum atomic E-state index is -4.87. The van der Waals surface area contributed by atoms with Crippen LogP contribution in [0.1, 0.15) is 18.5 Å². The molecule has 0 aliphatic carbocycles. The van der Waals surface area contributed by atoms with E-state index in [4.69, 9.17) is 23.2 Å². The molecule has 31 heavy (non-hydrogen) atoms. The largest absolute Gasteiger partial charge is 0.464 e. The molecule has 3 aromatic rings. The Kier molecular flexibility index (Phi) is 6.70. The molecule has 0 aliphatic heterocycles. The number of halogens is 4. The topological polar surface area (TPSA) is 99.6 Å². The lowest BCUT2D eigenvalue weighted by Gasteiger charge is -2.20. The zero-order valence-corrected chi connectivity index (χ0v) is 18.7. The van der Waals surface area contributed by atoms with Crippen molar-refractivity contribution in [2.24, 2.45) is 0 Å². The molecule has 0 spiro atoms. The summed E-state index contributed by atoms with van der Waals surface area (Å²) in [6, 6.07) is 5.24. The Balaban J connectivity index is 1.98. The second-order valence-electron chi connectivity index (χ2n) is 6.17. The van der Waals surface area contributed by atoms with E-state index in [0.717, 1.165) is 23.5 Å². The van der Waals surface area contributed by atoms with Gasteiger partial charge in [0.15, 0.2) is 5.82 Å².